The highest BCUT2D eigenvalue weighted by Crippen LogP contribution is 2.40. The molecule has 47 heavy (non-hydrogen) atoms. The third-order valence-corrected chi connectivity index (χ3v) is 9.53. The summed E-state index contributed by atoms with van der Waals surface area (Å²) in [6.45, 7) is 2.29. The van der Waals surface area contributed by atoms with Crippen LogP contribution in [0.15, 0.2) is 51.9 Å². The van der Waals surface area contributed by atoms with Gasteiger partial charge in [0, 0.05) is 43.9 Å². The molecule has 7 atom stereocenters. The fourth-order valence-corrected chi connectivity index (χ4v) is 6.62. The van der Waals surface area contributed by atoms with Gasteiger partial charge in [-0.2, -0.15) is 0 Å². The summed E-state index contributed by atoms with van der Waals surface area (Å²) < 4.78 is 13.9. The molecule has 1 amide bonds. The lowest BCUT2D eigenvalue weighted by Gasteiger charge is -2.42. The van der Waals surface area contributed by atoms with Crippen molar-refractivity contribution in [3.63, 3.8) is 0 Å². The molecule has 14 nitrogen and oxygen atoms in total. The second kappa shape index (κ2) is 13.0. The van der Waals surface area contributed by atoms with E-state index in [1.54, 1.807) is 48.1 Å². The van der Waals surface area contributed by atoms with Crippen molar-refractivity contribution in [2.24, 2.45) is 5.92 Å². The molecule has 14 heteroatoms. The summed E-state index contributed by atoms with van der Waals surface area (Å²) in [4.78, 5) is 39.0. The smallest absolute Gasteiger partial charge is 0.220 e. The number of H-pyrrole nitrogens is 1. The normalized spacial score (nSPS) is 24.4. The number of aliphatic hydroxyl groups excluding tert-OH is 4. The summed E-state index contributed by atoms with van der Waals surface area (Å²) in [5, 5.41) is 56.7. The topological polar surface area (TPSA) is 209 Å². The van der Waals surface area contributed by atoms with E-state index in [-0.39, 0.29) is 30.2 Å². The molecule has 0 bridgehead atoms. The molecule has 0 saturated carbocycles. The summed E-state index contributed by atoms with van der Waals surface area (Å²) in [5.74, 6) is 1.10. The van der Waals surface area contributed by atoms with Crippen LogP contribution in [-0.4, -0.2) is 96.4 Å². The molecule has 254 valence electrons. The largest absolute Gasteiger partial charge is 0.484 e. The number of carbonyl (C=O) groups is 1. The summed E-state index contributed by atoms with van der Waals surface area (Å²) >= 11 is 0. The first-order valence-corrected chi connectivity index (χ1v) is 15.7. The Morgan fingerprint density at radius 3 is 2.72 bits per heavy atom. The van der Waals surface area contributed by atoms with Crippen LogP contribution in [0.2, 0.25) is 0 Å². The van der Waals surface area contributed by atoms with Crippen molar-refractivity contribution in [1.82, 2.24) is 14.9 Å². The van der Waals surface area contributed by atoms with Crippen molar-refractivity contribution in [3.8, 4) is 5.75 Å². The van der Waals surface area contributed by atoms with Crippen LogP contribution < -0.4 is 15.5 Å². The number of nitrogens with one attached hydrogen (secondary N) is 2. The zero-order valence-corrected chi connectivity index (χ0v) is 26.2. The third-order valence-electron chi connectivity index (χ3n) is 9.53. The van der Waals surface area contributed by atoms with Crippen molar-refractivity contribution in [3.05, 3.63) is 64.3 Å². The molecule has 1 saturated heterocycles. The molecule has 7 N–H and O–H groups in total. The van der Waals surface area contributed by atoms with E-state index in [9.17, 15) is 35.1 Å². The molecule has 4 aromatic rings. The molecule has 3 aromatic heterocycles. The molecule has 0 radical (unpaired) electrons. The number of aromatic amines is 1. The van der Waals surface area contributed by atoms with Gasteiger partial charge in [0.25, 0.3) is 0 Å². The Labute approximate surface area is 269 Å². The number of amides is 1. The number of rotatable bonds is 13. The molecule has 0 unspecified atom stereocenters. The van der Waals surface area contributed by atoms with Gasteiger partial charge in [-0.1, -0.05) is 0 Å². The number of fused-ring (bicyclic) bond motifs is 3. The van der Waals surface area contributed by atoms with Crippen LogP contribution in [0.5, 0.6) is 5.75 Å². The van der Waals surface area contributed by atoms with Gasteiger partial charge in [-0.25, -0.2) is 9.78 Å². The number of aryl methyl sites for hydroxylation is 1. The highest BCUT2D eigenvalue weighted by molar-refractivity contribution is 5.80. The molecule has 1 aromatic carbocycles. The van der Waals surface area contributed by atoms with E-state index in [4.69, 9.17) is 18.9 Å². The maximum atomic E-state index is 12.7. The minimum absolute atomic E-state index is 0.00445. The number of aliphatic hydroxyl groups is 5. The van der Waals surface area contributed by atoms with Gasteiger partial charge in [0.1, 0.15) is 59.3 Å². The minimum atomic E-state index is -2.37. The molecule has 0 aliphatic carbocycles. The first kappa shape index (κ1) is 33.2. The van der Waals surface area contributed by atoms with Crippen LogP contribution in [0.3, 0.4) is 0 Å². The van der Waals surface area contributed by atoms with Crippen molar-refractivity contribution >= 4 is 27.9 Å². The molecular formula is C33H41N3O11. The highest BCUT2D eigenvalue weighted by atomic mass is 17.2. The van der Waals surface area contributed by atoms with Crippen LogP contribution in [0, 0.1) is 12.8 Å². The number of hydrogen-bond acceptors (Lipinski definition) is 11. The maximum Gasteiger partial charge on any atom is 0.220 e. The Kier molecular flexibility index (Phi) is 9.19. The first-order chi connectivity index (χ1) is 22.4. The minimum Gasteiger partial charge on any atom is -0.484 e. The summed E-state index contributed by atoms with van der Waals surface area (Å²) in [5.41, 5.74) is -1.03. The van der Waals surface area contributed by atoms with E-state index < -0.39 is 48.8 Å². The lowest BCUT2D eigenvalue weighted by Crippen LogP contribution is -2.61. The molecular weight excluding hydrogens is 614 g/mol. The Morgan fingerprint density at radius 1 is 1.17 bits per heavy atom. The number of ether oxygens (including phenoxy) is 1. The lowest BCUT2D eigenvalue weighted by molar-refractivity contribution is -0.365. The zero-order chi connectivity index (χ0) is 33.5. The quantitative estimate of drug-likeness (QED) is 0.0792. The van der Waals surface area contributed by atoms with Crippen LogP contribution in [0.1, 0.15) is 37.5 Å². The zero-order valence-electron chi connectivity index (χ0n) is 26.2. The predicted octanol–water partition coefficient (Wildman–Crippen LogP) is 0.817. The van der Waals surface area contributed by atoms with Gasteiger partial charge < -0.3 is 49.6 Å². The molecule has 0 spiro atoms. The average Bonchev–Trinajstić information content (AvgIpc) is 3.77. The Morgan fingerprint density at radius 2 is 1.98 bits per heavy atom. The van der Waals surface area contributed by atoms with Crippen molar-refractivity contribution in [1.29, 1.82) is 0 Å². The van der Waals surface area contributed by atoms with Crippen LogP contribution in [0.4, 0.5) is 0 Å². The monoisotopic (exact) mass is 655 g/mol. The fraction of sp³-hybridized carbons (Fsp3) is 0.515. The second-order valence-corrected chi connectivity index (χ2v) is 13.0. The number of benzene rings is 1. The van der Waals surface area contributed by atoms with Gasteiger partial charge in [-0.15, -0.1) is 0 Å². The van der Waals surface area contributed by atoms with Crippen LogP contribution in [0.25, 0.3) is 22.0 Å². The molecule has 5 heterocycles. The lowest BCUT2D eigenvalue weighted by atomic mass is 9.83. The van der Waals surface area contributed by atoms with Crippen molar-refractivity contribution < 1.29 is 49.3 Å². The summed E-state index contributed by atoms with van der Waals surface area (Å²) in [7, 11) is 0. The molecule has 2 aliphatic rings. The van der Waals surface area contributed by atoms with Crippen molar-refractivity contribution in [2.75, 3.05) is 19.8 Å². The first-order valence-electron chi connectivity index (χ1n) is 15.7. The standard InChI is InChI=1S/C33H41N3O11/c1-18-9-24(38)21-11-20-12-29(32(2,46-26(20)13-27(21)45-18)6-3-19-10-30(41)35-14-19)47-44-16-28(40)33(43,31(42)25(39)15-37)17-36-8-5-22-23(36)4-7-34-22/h4-5,7-9,11,13,19,25,28-29,31,34,37,39-40,42-43H,3,6,10,12,14-17H2,1-2H3,(H,35,41)/t19-,25+,28-,29+,31+,32+,33+/m0/s1. The van der Waals surface area contributed by atoms with E-state index in [1.807, 2.05) is 6.92 Å². The van der Waals surface area contributed by atoms with E-state index in [0.29, 0.717) is 59.4 Å². The number of hydrogen-bond donors (Lipinski definition) is 7. The van der Waals surface area contributed by atoms with Gasteiger partial charge in [-0.3, -0.25) is 9.59 Å². The van der Waals surface area contributed by atoms with E-state index in [1.165, 1.54) is 6.07 Å². The summed E-state index contributed by atoms with van der Waals surface area (Å²) in [6, 6.07) is 8.31. The van der Waals surface area contributed by atoms with E-state index >= 15 is 0 Å². The Balaban J connectivity index is 1.22. The number of nitrogens with zero attached hydrogens (tertiary/aromatic N) is 1. The van der Waals surface area contributed by atoms with E-state index in [0.717, 1.165) is 5.52 Å². The van der Waals surface area contributed by atoms with Gasteiger partial charge in [0.2, 0.25) is 5.91 Å². The van der Waals surface area contributed by atoms with Crippen molar-refractivity contribution in [2.45, 2.75) is 81.7 Å². The van der Waals surface area contributed by atoms with Gasteiger partial charge in [0.15, 0.2) is 5.43 Å². The van der Waals surface area contributed by atoms with E-state index in [2.05, 4.69) is 10.3 Å². The molecule has 6 rings (SSSR count). The third kappa shape index (κ3) is 6.54. The SMILES string of the molecule is Cc1cc(=O)c2cc3c(cc2o1)O[C@](C)(CC[C@@H]1CNC(=O)C1)[C@H](OOC[C@H](O)[C@](O)(Cn1ccc2[nH]ccc21)[C@H](O)[C@H](O)CO)C3. The molecule has 2 aliphatic heterocycles. The number of aromatic nitrogens is 2. The maximum absolute atomic E-state index is 12.7. The number of carbonyl (C=O) groups excluding carboxylic acids is 1. The van der Waals surface area contributed by atoms with Gasteiger partial charge in [-0.05, 0) is 56.4 Å². The Bertz CT molecular complexity index is 1800. The molecule has 1 fully saturated rings. The van der Waals surface area contributed by atoms with Gasteiger partial charge in [0.05, 0.1) is 29.6 Å². The van der Waals surface area contributed by atoms with Crippen LogP contribution >= 0.6 is 0 Å². The van der Waals surface area contributed by atoms with Crippen LogP contribution in [-0.2, 0) is 27.5 Å². The predicted molar refractivity (Wildman–Crippen MR) is 167 cm³/mol. The fourth-order valence-electron chi connectivity index (χ4n) is 6.62. The average molecular weight is 656 g/mol. The highest BCUT2D eigenvalue weighted by Gasteiger charge is 2.48. The van der Waals surface area contributed by atoms with Gasteiger partial charge >= 0.3 is 0 Å². The second-order valence-electron chi connectivity index (χ2n) is 13.0. The summed E-state index contributed by atoms with van der Waals surface area (Å²) in [6.07, 6.45) is -1.12. The Hall–Kier alpha value is -3.76.